The van der Waals surface area contributed by atoms with Crippen LogP contribution in [0.4, 0.5) is 0 Å². The zero-order valence-corrected chi connectivity index (χ0v) is 12.3. The smallest absolute Gasteiger partial charge is 0.237 e. The first kappa shape index (κ1) is 15.4. The maximum atomic E-state index is 12.0. The number of amides is 1. The quantitative estimate of drug-likeness (QED) is 0.705. The maximum absolute atomic E-state index is 12.0. The maximum Gasteiger partial charge on any atom is 0.237 e. The van der Waals surface area contributed by atoms with Crippen LogP contribution in [0.25, 0.3) is 0 Å². The Morgan fingerprint density at radius 1 is 1.33 bits per heavy atom. The standard InChI is InChI=1S/C14H29N3O/c1-5-6-7-8-15-14(18)13(4)17-9-11(2)16-12(3)10-17/h11-13,16H,5-10H2,1-4H3,(H,15,18). The number of rotatable bonds is 6. The number of carbonyl (C=O) groups is 1. The second kappa shape index (κ2) is 7.74. The van der Waals surface area contributed by atoms with Gasteiger partial charge in [0.05, 0.1) is 6.04 Å². The third-order valence-corrected chi connectivity index (χ3v) is 3.59. The summed E-state index contributed by atoms with van der Waals surface area (Å²) in [7, 11) is 0. The lowest BCUT2D eigenvalue weighted by atomic mass is 10.1. The first-order chi connectivity index (χ1) is 8.54. The summed E-state index contributed by atoms with van der Waals surface area (Å²) in [5.41, 5.74) is 0. The molecule has 0 spiro atoms. The molecular weight excluding hydrogens is 226 g/mol. The van der Waals surface area contributed by atoms with E-state index >= 15 is 0 Å². The summed E-state index contributed by atoms with van der Waals surface area (Å²) in [6.45, 7) is 11.3. The predicted octanol–water partition coefficient (Wildman–Crippen LogP) is 1.36. The Bertz CT molecular complexity index is 247. The first-order valence-electron chi connectivity index (χ1n) is 7.32. The average molecular weight is 255 g/mol. The fourth-order valence-electron chi connectivity index (χ4n) is 2.59. The van der Waals surface area contributed by atoms with Crippen molar-refractivity contribution < 1.29 is 4.79 Å². The average Bonchev–Trinajstić information content (AvgIpc) is 2.32. The van der Waals surface area contributed by atoms with Crippen LogP contribution in [0.1, 0.15) is 47.0 Å². The van der Waals surface area contributed by atoms with Gasteiger partial charge < -0.3 is 10.6 Å². The minimum absolute atomic E-state index is 0.0152. The third kappa shape index (κ3) is 4.94. The van der Waals surface area contributed by atoms with Gasteiger partial charge in [-0.05, 0) is 27.2 Å². The molecule has 1 fully saturated rings. The molecule has 1 saturated heterocycles. The van der Waals surface area contributed by atoms with Crippen molar-refractivity contribution in [3.05, 3.63) is 0 Å². The second-order valence-electron chi connectivity index (χ2n) is 5.60. The molecule has 0 aromatic rings. The van der Waals surface area contributed by atoms with Gasteiger partial charge in [0.2, 0.25) is 5.91 Å². The summed E-state index contributed by atoms with van der Waals surface area (Å²) in [6.07, 6.45) is 3.47. The van der Waals surface area contributed by atoms with Gasteiger partial charge in [0.25, 0.3) is 0 Å². The number of unbranched alkanes of at least 4 members (excludes halogenated alkanes) is 2. The van der Waals surface area contributed by atoms with Gasteiger partial charge in [0.1, 0.15) is 0 Å². The van der Waals surface area contributed by atoms with Crippen molar-refractivity contribution in [3.63, 3.8) is 0 Å². The molecule has 3 unspecified atom stereocenters. The van der Waals surface area contributed by atoms with Crippen LogP contribution in [0.15, 0.2) is 0 Å². The van der Waals surface area contributed by atoms with Crippen LogP contribution >= 0.6 is 0 Å². The third-order valence-electron chi connectivity index (χ3n) is 3.59. The highest BCUT2D eigenvalue weighted by atomic mass is 16.2. The molecule has 1 rings (SSSR count). The molecule has 18 heavy (non-hydrogen) atoms. The van der Waals surface area contributed by atoms with Gasteiger partial charge in [0, 0.05) is 31.7 Å². The van der Waals surface area contributed by atoms with Crippen molar-refractivity contribution >= 4 is 5.91 Å². The van der Waals surface area contributed by atoms with E-state index in [0.717, 1.165) is 26.1 Å². The van der Waals surface area contributed by atoms with E-state index in [4.69, 9.17) is 0 Å². The van der Waals surface area contributed by atoms with E-state index < -0.39 is 0 Å². The van der Waals surface area contributed by atoms with Gasteiger partial charge in [-0.25, -0.2) is 0 Å². The van der Waals surface area contributed by atoms with E-state index in [0.29, 0.717) is 12.1 Å². The van der Waals surface area contributed by atoms with E-state index in [1.807, 2.05) is 6.92 Å². The normalized spacial score (nSPS) is 26.9. The van der Waals surface area contributed by atoms with Crippen LogP contribution in [-0.2, 0) is 4.79 Å². The Morgan fingerprint density at radius 3 is 2.50 bits per heavy atom. The lowest BCUT2D eigenvalue weighted by molar-refractivity contribution is -0.126. The monoisotopic (exact) mass is 255 g/mol. The topological polar surface area (TPSA) is 44.4 Å². The van der Waals surface area contributed by atoms with Crippen LogP contribution < -0.4 is 10.6 Å². The summed E-state index contributed by atoms with van der Waals surface area (Å²) in [4.78, 5) is 14.3. The van der Waals surface area contributed by atoms with Crippen molar-refractivity contribution in [2.45, 2.75) is 65.1 Å². The largest absolute Gasteiger partial charge is 0.355 e. The molecule has 1 amide bonds. The van der Waals surface area contributed by atoms with Crippen molar-refractivity contribution in [3.8, 4) is 0 Å². The SMILES string of the molecule is CCCCCNC(=O)C(C)N1CC(C)NC(C)C1. The highest BCUT2D eigenvalue weighted by molar-refractivity contribution is 5.81. The van der Waals surface area contributed by atoms with Crippen LogP contribution in [0.2, 0.25) is 0 Å². The Kier molecular flexibility index (Phi) is 6.65. The molecule has 0 bridgehead atoms. The lowest BCUT2D eigenvalue weighted by Gasteiger charge is -2.39. The van der Waals surface area contributed by atoms with Crippen molar-refractivity contribution in [2.24, 2.45) is 0 Å². The number of nitrogens with zero attached hydrogens (tertiary/aromatic N) is 1. The minimum Gasteiger partial charge on any atom is -0.355 e. The van der Waals surface area contributed by atoms with Crippen LogP contribution in [0.5, 0.6) is 0 Å². The van der Waals surface area contributed by atoms with Crippen molar-refractivity contribution in [2.75, 3.05) is 19.6 Å². The van der Waals surface area contributed by atoms with Gasteiger partial charge in [-0.2, -0.15) is 0 Å². The second-order valence-corrected chi connectivity index (χ2v) is 5.60. The van der Waals surface area contributed by atoms with Crippen molar-refractivity contribution in [1.29, 1.82) is 0 Å². The van der Waals surface area contributed by atoms with Gasteiger partial charge in [-0.3, -0.25) is 9.69 Å². The molecule has 1 heterocycles. The summed E-state index contributed by atoms with van der Waals surface area (Å²) in [5, 5.41) is 6.53. The van der Waals surface area contributed by atoms with E-state index in [-0.39, 0.29) is 11.9 Å². The molecule has 1 aliphatic heterocycles. The van der Waals surface area contributed by atoms with Gasteiger partial charge >= 0.3 is 0 Å². The fraction of sp³-hybridized carbons (Fsp3) is 0.929. The summed E-state index contributed by atoms with van der Waals surface area (Å²) < 4.78 is 0. The Labute approximate surface area is 111 Å². The molecule has 0 aromatic carbocycles. The number of hydrogen-bond acceptors (Lipinski definition) is 3. The number of nitrogens with one attached hydrogen (secondary N) is 2. The number of carbonyl (C=O) groups excluding carboxylic acids is 1. The zero-order valence-electron chi connectivity index (χ0n) is 12.3. The number of hydrogen-bond donors (Lipinski definition) is 2. The summed E-state index contributed by atoms with van der Waals surface area (Å²) in [6, 6.07) is 0.909. The molecule has 0 saturated carbocycles. The van der Waals surface area contributed by atoms with E-state index in [2.05, 4.69) is 36.3 Å². The predicted molar refractivity (Wildman–Crippen MR) is 75.6 cm³/mol. The van der Waals surface area contributed by atoms with Crippen molar-refractivity contribution in [1.82, 2.24) is 15.5 Å². The van der Waals surface area contributed by atoms with E-state index in [1.165, 1.54) is 12.8 Å². The molecule has 4 heteroatoms. The molecule has 3 atom stereocenters. The summed E-state index contributed by atoms with van der Waals surface area (Å²) in [5.74, 6) is 0.174. The summed E-state index contributed by atoms with van der Waals surface area (Å²) >= 11 is 0. The molecule has 106 valence electrons. The molecule has 1 aliphatic rings. The molecule has 4 nitrogen and oxygen atoms in total. The van der Waals surface area contributed by atoms with Crippen LogP contribution in [-0.4, -0.2) is 48.6 Å². The van der Waals surface area contributed by atoms with Gasteiger partial charge in [-0.15, -0.1) is 0 Å². The first-order valence-corrected chi connectivity index (χ1v) is 7.32. The minimum atomic E-state index is -0.0152. The Hall–Kier alpha value is -0.610. The lowest BCUT2D eigenvalue weighted by Crippen LogP contribution is -2.59. The van der Waals surface area contributed by atoms with E-state index in [9.17, 15) is 4.79 Å². The molecule has 2 N–H and O–H groups in total. The Balaban J connectivity index is 2.33. The highest BCUT2D eigenvalue weighted by Crippen LogP contribution is 2.08. The van der Waals surface area contributed by atoms with Crippen LogP contribution in [0, 0.1) is 0 Å². The Morgan fingerprint density at radius 2 is 1.94 bits per heavy atom. The van der Waals surface area contributed by atoms with Crippen LogP contribution in [0.3, 0.4) is 0 Å². The fourth-order valence-corrected chi connectivity index (χ4v) is 2.59. The van der Waals surface area contributed by atoms with E-state index in [1.54, 1.807) is 0 Å². The molecule has 0 radical (unpaired) electrons. The molecular formula is C14H29N3O. The molecule has 0 aromatic heterocycles. The van der Waals surface area contributed by atoms with Gasteiger partial charge in [-0.1, -0.05) is 19.8 Å². The highest BCUT2D eigenvalue weighted by Gasteiger charge is 2.27. The van der Waals surface area contributed by atoms with Gasteiger partial charge in [0.15, 0.2) is 0 Å². The molecule has 0 aliphatic carbocycles. The zero-order chi connectivity index (χ0) is 13.5. The number of piperazine rings is 1.